The zero-order valence-electron chi connectivity index (χ0n) is 10.4. The molecule has 2 aromatic rings. The summed E-state index contributed by atoms with van der Waals surface area (Å²) in [5.74, 6) is -0.105. The van der Waals surface area contributed by atoms with E-state index in [0.717, 1.165) is 6.42 Å². The van der Waals surface area contributed by atoms with Gasteiger partial charge in [0.25, 0.3) is 0 Å². The molecule has 95 valence electrons. The van der Waals surface area contributed by atoms with E-state index in [1.165, 1.54) is 5.56 Å². The summed E-state index contributed by atoms with van der Waals surface area (Å²) in [6.07, 6.45) is 2.75. The topological polar surface area (TPSA) is 34.1 Å². The molecule has 19 heavy (non-hydrogen) atoms. The fourth-order valence-electron chi connectivity index (χ4n) is 1.83. The van der Waals surface area contributed by atoms with Crippen LogP contribution in [0.3, 0.4) is 0 Å². The van der Waals surface area contributed by atoms with Crippen LogP contribution in [-0.2, 0) is 11.2 Å². The van der Waals surface area contributed by atoms with E-state index in [4.69, 9.17) is 0 Å². The van der Waals surface area contributed by atoms with Crippen molar-refractivity contribution in [2.45, 2.75) is 13.3 Å². The van der Waals surface area contributed by atoms with Crippen LogP contribution in [0.5, 0.6) is 0 Å². The van der Waals surface area contributed by atoms with E-state index in [0.29, 0.717) is 21.2 Å². The summed E-state index contributed by atoms with van der Waals surface area (Å²) in [7, 11) is 0. The number of aryl methyl sites for hydroxylation is 1. The van der Waals surface area contributed by atoms with E-state index in [9.17, 15) is 9.59 Å². The maximum atomic E-state index is 12.4. The molecule has 0 aromatic heterocycles. The van der Waals surface area contributed by atoms with Gasteiger partial charge < -0.3 is 0 Å². The van der Waals surface area contributed by atoms with Crippen LogP contribution in [0.2, 0.25) is 0 Å². The predicted octanol–water partition coefficient (Wildman–Crippen LogP) is 3.70. The lowest BCUT2D eigenvalue weighted by molar-refractivity contribution is 0.103. The second-order valence-electron chi connectivity index (χ2n) is 4.15. The predicted molar refractivity (Wildman–Crippen MR) is 78.2 cm³/mol. The Morgan fingerprint density at radius 3 is 2.42 bits per heavy atom. The average Bonchev–Trinajstić information content (AvgIpc) is 2.47. The van der Waals surface area contributed by atoms with E-state index in [2.05, 4.69) is 22.9 Å². The fourth-order valence-corrected chi connectivity index (χ4v) is 2.36. The van der Waals surface area contributed by atoms with Crippen LogP contribution < -0.4 is 0 Å². The monoisotopic (exact) mass is 315 g/mol. The highest BCUT2D eigenvalue weighted by Crippen LogP contribution is 2.23. The van der Waals surface area contributed by atoms with Crippen molar-refractivity contribution in [3.63, 3.8) is 0 Å². The van der Waals surface area contributed by atoms with E-state index < -0.39 is 0 Å². The van der Waals surface area contributed by atoms with Crippen molar-refractivity contribution in [1.29, 1.82) is 0 Å². The van der Waals surface area contributed by atoms with E-state index in [1.807, 2.05) is 30.6 Å². The van der Waals surface area contributed by atoms with Gasteiger partial charge in [0.1, 0.15) is 0 Å². The van der Waals surface area contributed by atoms with Crippen molar-refractivity contribution in [2.75, 3.05) is 0 Å². The van der Waals surface area contributed by atoms with Crippen LogP contribution in [0.4, 0.5) is 0 Å². The number of hydrogen-bond donors (Lipinski definition) is 0. The highest BCUT2D eigenvalue weighted by Gasteiger charge is 2.14. The number of halogens is 1. The number of carbonyl (C=O) groups excluding carboxylic acids is 2. The Hall–Kier alpha value is -1.74. The molecular formula is C16H12BrO2. The maximum absolute atomic E-state index is 12.4. The number of carbonyl (C=O) groups is 1. The molecule has 2 aromatic carbocycles. The van der Waals surface area contributed by atoms with Crippen LogP contribution in [0, 0.1) is 0 Å². The van der Waals surface area contributed by atoms with Gasteiger partial charge in [0.2, 0.25) is 6.29 Å². The Morgan fingerprint density at radius 1 is 1.16 bits per heavy atom. The van der Waals surface area contributed by atoms with Gasteiger partial charge in [-0.25, -0.2) is 0 Å². The average molecular weight is 316 g/mol. The molecular weight excluding hydrogens is 304 g/mol. The molecule has 0 saturated heterocycles. The van der Waals surface area contributed by atoms with Gasteiger partial charge >= 0.3 is 0 Å². The number of rotatable bonds is 4. The fraction of sp³-hybridized carbons (Fsp3) is 0.125. The highest BCUT2D eigenvalue weighted by atomic mass is 79.9. The van der Waals surface area contributed by atoms with Gasteiger partial charge in [0, 0.05) is 21.2 Å². The molecule has 0 fully saturated rings. The van der Waals surface area contributed by atoms with Gasteiger partial charge in [0.05, 0.1) is 0 Å². The molecule has 0 aliphatic carbocycles. The molecule has 0 saturated carbocycles. The molecule has 0 N–H and O–H groups in total. The van der Waals surface area contributed by atoms with Crippen molar-refractivity contribution < 1.29 is 9.59 Å². The van der Waals surface area contributed by atoms with Crippen molar-refractivity contribution >= 4 is 28.0 Å². The van der Waals surface area contributed by atoms with Gasteiger partial charge in [-0.2, -0.15) is 0 Å². The molecule has 0 spiro atoms. The molecule has 1 radical (unpaired) electrons. The summed E-state index contributed by atoms with van der Waals surface area (Å²) in [6, 6.07) is 12.5. The summed E-state index contributed by atoms with van der Waals surface area (Å²) in [4.78, 5) is 23.1. The first-order chi connectivity index (χ1) is 9.17. The molecule has 0 amide bonds. The van der Waals surface area contributed by atoms with E-state index >= 15 is 0 Å². The van der Waals surface area contributed by atoms with E-state index in [1.54, 1.807) is 18.2 Å². The summed E-state index contributed by atoms with van der Waals surface area (Å²) in [6.45, 7) is 2.07. The summed E-state index contributed by atoms with van der Waals surface area (Å²) >= 11 is 3.28. The Labute approximate surface area is 120 Å². The molecule has 2 rings (SSSR count). The first kappa shape index (κ1) is 13.7. The normalized spacial score (nSPS) is 10.2. The Kier molecular flexibility index (Phi) is 4.27. The zero-order chi connectivity index (χ0) is 13.8. The molecule has 0 aliphatic heterocycles. The molecule has 0 aliphatic rings. The third-order valence-corrected chi connectivity index (χ3v) is 3.83. The van der Waals surface area contributed by atoms with Crippen molar-refractivity contribution in [2.24, 2.45) is 0 Å². The van der Waals surface area contributed by atoms with Crippen molar-refractivity contribution in [3.05, 3.63) is 69.2 Å². The molecule has 3 heteroatoms. The van der Waals surface area contributed by atoms with E-state index in [-0.39, 0.29) is 5.78 Å². The van der Waals surface area contributed by atoms with Crippen molar-refractivity contribution in [1.82, 2.24) is 0 Å². The number of benzene rings is 2. The molecule has 0 bridgehead atoms. The van der Waals surface area contributed by atoms with Gasteiger partial charge in [-0.3, -0.25) is 9.59 Å². The van der Waals surface area contributed by atoms with Gasteiger partial charge in [-0.15, -0.1) is 0 Å². The first-order valence-electron chi connectivity index (χ1n) is 5.97. The van der Waals surface area contributed by atoms with Crippen LogP contribution in [0.25, 0.3) is 0 Å². The van der Waals surface area contributed by atoms with Gasteiger partial charge in [-0.1, -0.05) is 37.3 Å². The quantitative estimate of drug-likeness (QED) is 0.806. The maximum Gasteiger partial charge on any atom is 0.234 e. The summed E-state index contributed by atoms with van der Waals surface area (Å²) in [5.41, 5.74) is 2.63. The third-order valence-electron chi connectivity index (χ3n) is 2.98. The Balaban J connectivity index is 2.41. The summed E-state index contributed by atoms with van der Waals surface area (Å²) in [5, 5.41) is 0. The molecule has 0 heterocycles. The zero-order valence-corrected chi connectivity index (χ0v) is 12.0. The lowest BCUT2D eigenvalue weighted by Gasteiger charge is -2.06. The molecule has 0 atom stereocenters. The minimum absolute atomic E-state index is 0.105. The number of hydrogen-bond acceptors (Lipinski definition) is 2. The first-order valence-corrected chi connectivity index (χ1v) is 6.77. The lowest BCUT2D eigenvalue weighted by atomic mass is 10.00. The summed E-state index contributed by atoms with van der Waals surface area (Å²) < 4.78 is 0.495. The SMILES string of the molecule is CCc1ccc(C(=O)c2cccc([C]=O)c2Br)cc1. The number of ketones is 1. The second kappa shape index (κ2) is 5.93. The van der Waals surface area contributed by atoms with Crippen LogP contribution in [0.1, 0.15) is 34.0 Å². The highest BCUT2D eigenvalue weighted by molar-refractivity contribution is 9.10. The van der Waals surface area contributed by atoms with Crippen LogP contribution >= 0.6 is 15.9 Å². The Bertz CT molecular complexity index is 615. The van der Waals surface area contributed by atoms with Gasteiger partial charge in [-0.05, 0) is 40.0 Å². The largest absolute Gasteiger partial charge is 0.289 e. The standard InChI is InChI=1S/C16H12BrO2/c1-2-11-6-8-12(9-7-11)16(19)14-5-3-4-13(10-18)15(14)17/h3-9H,2H2,1H3. The Morgan fingerprint density at radius 2 is 1.84 bits per heavy atom. The third kappa shape index (κ3) is 2.82. The minimum atomic E-state index is -0.105. The minimum Gasteiger partial charge on any atom is -0.289 e. The smallest absolute Gasteiger partial charge is 0.234 e. The van der Waals surface area contributed by atoms with Crippen LogP contribution in [-0.4, -0.2) is 12.1 Å². The van der Waals surface area contributed by atoms with Gasteiger partial charge in [0.15, 0.2) is 5.78 Å². The van der Waals surface area contributed by atoms with Crippen molar-refractivity contribution in [3.8, 4) is 0 Å². The molecule has 0 unspecified atom stereocenters. The van der Waals surface area contributed by atoms with Crippen LogP contribution in [0.15, 0.2) is 46.9 Å². The lowest BCUT2D eigenvalue weighted by Crippen LogP contribution is -2.04. The molecule has 2 nitrogen and oxygen atoms in total. The second-order valence-corrected chi connectivity index (χ2v) is 4.94.